The summed E-state index contributed by atoms with van der Waals surface area (Å²) in [4.78, 5) is 19.1. The SMILES string of the molecule is Cc1ccc(C=Nc2sc3c(c2C(=O)NCc2ccccc2)CCCC3)cc1. The molecule has 0 atom stereocenters. The first-order valence-electron chi connectivity index (χ1n) is 9.78. The molecule has 3 nitrogen and oxygen atoms in total. The van der Waals surface area contributed by atoms with Crippen LogP contribution in [0.1, 0.15) is 50.3 Å². The first-order valence-corrected chi connectivity index (χ1v) is 10.6. The molecule has 1 aliphatic carbocycles. The number of benzene rings is 2. The van der Waals surface area contributed by atoms with Gasteiger partial charge in [-0.25, -0.2) is 4.99 Å². The van der Waals surface area contributed by atoms with Crippen LogP contribution >= 0.6 is 11.3 Å². The molecule has 1 amide bonds. The summed E-state index contributed by atoms with van der Waals surface area (Å²) < 4.78 is 0. The van der Waals surface area contributed by atoms with E-state index in [1.54, 1.807) is 11.3 Å². The lowest BCUT2D eigenvalue weighted by Gasteiger charge is -2.12. The van der Waals surface area contributed by atoms with Gasteiger partial charge >= 0.3 is 0 Å². The quantitative estimate of drug-likeness (QED) is 0.567. The number of rotatable bonds is 5. The molecule has 3 aromatic rings. The molecular formula is C24H24N2OS. The van der Waals surface area contributed by atoms with Gasteiger partial charge in [0.15, 0.2) is 0 Å². The summed E-state index contributed by atoms with van der Waals surface area (Å²) in [5, 5.41) is 3.92. The van der Waals surface area contributed by atoms with E-state index < -0.39 is 0 Å². The van der Waals surface area contributed by atoms with Crippen LogP contribution in [-0.2, 0) is 19.4 Å². The van der Waals surface area contributed by atoms with Crippen LogP contribution in [0.4, 0.5) is 5.00 Å². The number of nitrogens with one attached hydrogen (secondary N) is 1. The van der Waals surface area contributed by atoms with Crippen molar-refractivity contribution in [2.45, 2.75) is 39.2 Å². The lowest BCUT2D eigenvalue weighted by atomic mass is 9.95. The second-order valence-electron chi connectivity index (χ2n) is 7.23. The molecule has 0 fully saturated rings. The maximum atomic E-state index is 13.0. The topological polar surface area (TPSA) is 41.5 Å². The average molecular weight is 389 g/mol. The summed E-state index contributed by atoms with van der Waals surface area (Å²) >= 11 is 1.68. The minimum absolute atomic E-state index is 0.0145. The molecule has 0 radical (unpaired) electrons. The van der Waals surface area contributed by atoms with Crippen LogP contribution in [0.15, 0.2) is 59.6 Å². The average Bonchev–Trinajstić information content (AvgIpc) is 3.11. The maximum Gasteiger partial charge on any atom is 0.254 e. The van der Waals surface area contributed by atoms with Crippen LogP contribution in [-0.4, -0.2) is 12.1 Å². The first-order chi connectivity index (χ1) is 13.7. The molecule has 1 heterocycles. The third-order valence-electron chi connectivity index (χ3n) is 5.08. The summed E-state index contributed by atoms with van der Waals surface area (Å²) in [6, 6.07) is 18.3. The molecule has 0 spiro atoms. The Bertz CT molecular complexity index is 987. The Kier molecular flexibility index (Phi) is 5.68. The zero-order valence-electron chi connectivity index (χ0n) is 16.1. The fourth-order valence-electron chi connectivity index (χ4n) is 3.53. The number of aliphatic imine (C=N–C) groups is 1. The highest BCUT2D eigenvalue weighted by atomic mass is 32.1. The highest BCUT2D eigenvalue weighted by molar-refractivity contribution is 7.16. The van der Waals surface area contributed by atoms with E-state index >= 15 is 0 Å². The van der Waals surface area contributed by atoms with Gasteiger partial charge < -0.3 is 5.32 Å². The Morgan fingerprint density at radius 2 is 1.82 bits per heavy atom. The van der Waals surface area contributed by atoms with Crippen molar-refractivity contribution >= 4 is 28.5 Å². The standard InChI is InChI=1S/C24H24N2OS/c1-17-11-13-19(14-12-17)16-26-24-22(20-9-5-6-10-21(20)28-24)23(27)25-15-18-7-3-2-4-8-18/h2-4,7-8,11-14,16H,5-6,9-10,15H2,1H3,(H,25,27). The summed E-state index contributed by atoms with van der Waals surface area (Å²) in [6.07, 6.45) is 6.23. The number of fused-ring (bicyclic) bond motifs is 1. The fourth-order valence-corrected chi connectivity index (χ4v) is 4.76. The van der Waals surface area contributed by atoms with E-state index in [1.807, 2.05) is 36.5 Å². The van der Waals surface area contributed by atoms with Gasteiger partial charge in [0.25, 0.3) is 5.91 Å². The van der Waals surface area contributed by atoms with Gasteiger partial charge in [-0.3, -0.25) is 4.79 Å². The van der Waals surface area contributed by atoms with Gasteiger partial charge in [-0.15, -0.1) is 11.3 Å². The van der Waals surface area contributed by atoms with Gasteiger partial charge in [-0.1, -0.05) is 60.2 Å². The minimum atomic E-state index is -0.0145. The van der Waals surface area contributed by atoms with E-state index in [2.05, 4.69) is 36.5 Å². The van der Waals surface area contributed by atoms with Crippen LogP contribution in [0.2, 0.25) is 0 Å². The summed E-state index contributed by atoms with van der Waals surface area (Å²) in [6.45, 7) is 2.61. The Balaban J connectivity index is 1.60. The summed E-state index contributed by atoms with van der Waals surface area (Å²) in [5.74, 6) is -0.0145. The van der Waals surface area contributed by atoms with Crippen LogP contribution in [0.3, 0.4) is 0 Å². The highest BCUT2D eigenvalue weighted by Gasteiger charge is 2.25. The minimum Gasteiger partial charge on any atom is -0.348 e. The second-order valence-corrected chi connectivity index (χ2v) is 8.31. The summed E-state index contributed by atoms with van der Waals surface area (Å²) in [5.41, 5.74) is 5.36. The van der Waals surface area contributed by atoms with E-state index in [9.17, 15) is 4.79 Å². The molecule has 1 aliphatic rings. The fraction of sp³-hybridized carbons (Fsp3) is 0.250. The molecule has 0 saturated heterocycles. The number of hydrogen-bond acceptors (Lipinski definition) is 3. The number of carbonyl (C=O) groups excluding carboxylic acids is 1. The number of hydrogen-bond donors (Lipinski definition) is 1. The predicted octanol–water partition coefficient (Wildman–Crippen LogP) is 5.62. The maximum absolute atomic E-state index is 13.0. The smallest absolute Gasteiger partial charge is 0.254 e. The number of amides is 1. The van der Waals surface area contributed by atoms with E-state index in [1.165, 1.54) is 22.4 Å². The van der Waals surface area contributed by atoms with Crippen LogP contribution in [0.5, 0.6) is 0 Å². The van der Waals surface area contributed by atoms with Crippen molar-refractivity contribution in [3.8, 4) is 0 Å². The van der Waals surface area contributed by atoms with E-state index in [-0.39, 0.29) is 5.91 Å². The third kappa shape index (κ3) is 4.23. The van der Waals surface area contributed by atoms with Crippen molar-refractivity contribution in [3.63, 3.8) is 0 Å². The van der Waals surface area contributed by atoms with Gasteiger partial charge in [-0.05, 0) is 49.3 Å². The molecule has 142 valence electrons. The molecular weight excluding hydrogens is 364 g/mol. The Morgan fingerprint density at radius 1 is 1.07 bits per heavy atom. The molecule has 0 aliphatic heterocycles. The highest BCUT2D eigenvalue weighted by Crippen LogP contribution is 2.39. The lowest BCUT2D eigenvalue weighted by molar-refractivity contribution is 0.0951. The van der Waals surface area contributed by atoms with Crippen molar-refractivity contribution in [1.29, 1.82) is 0 Å². The van der Waals surface area contributed by atoms with Gasteiger partial charge in [0.2, 0.25) is 0 Å². The normalized spacial score (nSPS) is 13.5. The lowest BCUT2D eigenvalue weighted by Crippen LogP contribution is -2.24. The van der Waals surface area contributed by atoms with Gasteiger partial charge in [-0.2, -0.15) is 0 Å². The molecule has 1 aromatic heterocycles. The van der Waals surface area contributed by atoms with Crippen LogP contribution in [0, 0.1) is 6.92 Å². The molecule has 4 heteroatoms. The van der Waals surface area contributed by atoms with Crippen LogP contribution < -0.4 is 5.32 Å². The molecule has 0 unspecified atom stereocenters. The van der Waals surface area contributed by atoms with E-state index in [4.69, 9.17) is 4.99 Å². The molecule has 4 rings (SSSR count). The number of nitrogens with zero attached hydrogens (tertiary/aromatic N) is 1. The number of thiophene rings is 1. The molecule has 28 heavy (non-hydrogen) atoms. The Labute approximate surface area is 170 Å². The second kappa shape index (κ2) is 8.53. The zero-order valence-corrected chi connectivity index (χ0v) is 16.9. The van der Waals surface area contributed by atoms with Gasteiger partial charge in [0.05, 0.1) is 5.56 Å². The summed E-state index contributed by atoms with van der Waals surface area (Å²) in [7, 11) is 0. The van der Waals surface area contributed by atoms with Gasteiger partial charge in [0.1, 0.15) is 5.00 Å². The molecule has 0 bridgehead atoms. The van der Waals surface area contributed by atoms with Gasteiger partial charge in [0, 0.05) is 17.6 Å². The number of aryl methyl sites for hydroxylation is 2. The van der Waals surface area contributed by atoms with Crippen molar-refractivity contribution in [3.05, 3.63) is 87.3 Å². The Hall–Kier alpha value is -2.72. The first kappa shape index (κ1) is 18.6. The molecule has 2 aromatic carbocycles. The predicted molar refractivity (Wildman–Crippen MR) is 117 cm³/mol. The van der Waals surface area contributed by atoms with Crippen molar-refractivity contribution in [1.82, 2.24) is 5.32 Å². The van der Waals surface area contributed by atoms with Crippen LogP contribution in [0.25, 0.3) is 0 Å². The van der Waals surface area contributed by atoms with Crippen molar-refractivity contribution in [2.24, 2.45) is 4.99 Å². The van der Waals surface area contributed by atoms with E-state index in [0.717, 1.165) is 41.0 Å². The van der Waals surface area contributed by atoms with Crippen molar-refractivity contribution in [2.75, 3.05) is 0 Å². The van der Waals surface area contributed by atoms with Crippen molar-refractivity contribution < 1.29 is 4.79 Å². The number of carbonyl (C=O) groups is 1. The largest absolute Gasteiger partial charge is 0.348 e. The molecule has 1 N–H and O–H groups in total. The van der Waals surface area contributed by atoms with E-state index in [0.29, 0.717) is 6.54 Å². The monoisotopic (exact) mass is 388 g/mol. The Morgan fingerprint density at radius 3 is 2.61 bits per heavy atom. The third-order valence-corrected chi connectivity index (χ3v) is 6.28. The zero-order chi connectivity index (χ0) is 19.3. The molecule has 0 saturated carbocycles.